The summed E-state index contributed by atoms with van der Waals surface area (Å²) in [6.07, 6.45) is 3.54. The van der Waals surface area contributed by atoms with E-state index in [0.29, 0.717) is 26.2 Å². The Balaban J connectivity index is 1.34. The van der Waals surface area contributed by atoms with Crippen molar-refractivity contribution in [2.75, 3.05) is 26.8 Å². The van der Waals surface area contributed by atoms with Gasteiger partial charge in [-0.15, -0.1) is 0 Å². The first-order chi connectivity index (χ1) is 14.6. The number of imidazole rings is 1. The van der Waals surface area contributed by atoms with Gasteiger partial charge in [-0.05, 0) is 19.1 Å². The number of rotatable bonds is 7. The van der Waals surface area contributed by atoms with Crippen LogP contribution in [0.5, 0.6) is 0 Å². The SMILES string of the molecule is CCn1c(CNC(=O)[C@H]2[C@H]3C=C[C@@]4(CN(CCOC)C(=O)[C@@H]24)O3)nc2ccccc21. The molecule has 4 atom stereocenters. The zero-order valence-corrected chi connectivity index (χ0v) is 17.2. The maximum absolute atomic E-state index is 13.2. The summed E-state index contributed by atoms with van der Waals surface area (Å²) in [6, 6.07) is 7.94. The molecule has 1 aromatic carbocycles. The highest BCUT2D eigenvalue weighted by Crippen LogP contribution is 2.51. The molecule has 3 aliphatic rings. The topological polar surface area (TPSA) is 85.7 Å². The van der Waals surface area contributed by atoms with Crippen LogP contribution in [0, 0.1) is 11.8 Å². The van der Waals surface area contributed by atoms with E-state index in [1.54, 1.807) is 12.0 Å². The predicted octanol–water partition coefficient (Wildman–Crippen LogP) is 1.10. The minimum absolute atomic E-state index is 0.0279. The van der Waals surface area contributed by atoms with E-state index in [0.717, 1.165) is 23.4 Å². The molecule has 2 amide bonds. The van der Waals surface area contributed by atoms with Gasteiger partial charge in [-0.3, -0.25) is 9.59 Å². The second-order valence-electron chi connectivity index (χ2n) is 8.13. The van der Waals surface area contributed by atoms with Gasteiger partial charge in [-0.1, -0.05) is 24.3 Å². The third-order valence-electron chi connectivity index (χ3n) is 6.52. The number of carbonyl (C=O) groups is 2. The summed E-state index contributed by atoms with van der Waals surface area (Å²) in [4.78, 5) is 32.6. The number of methoxy groups -OCH3 is 1. The first kappa shape index (κ1) is 19.3. The minimum Gasteiger partial charge on any atom is -0.383 e. The minimum atomic E-state index is -0.686. The molecule has 1 N–H and O–H groups in total. The standard InChI is InChI=1S/C22H26N4O4/c1-3-26-15-7-5-4-6-14(15)24-17(26)12-23-20(27)18-16-8-9-22(30-16)13-25(10-11-29-2)21(28)19(18)22/h4-9,16,18-19H,3,10-13H2,1-2H3,(H,23,27)/t16-,18+,19-,22+/m1/s1. The molecule has 0 aliphatic carbocycles. The maximum Gasteiger partial charge on any atom is 0.230 e. The fourth-order valence-electron chi connectivity index (χ4n) is 5.17. The largest absolute Gasteiger partial charge is 0.383 e. The second kappa shape index (κ2) is 7.21. The molecule has 1 spiro atoms. The van der Waals surface area contributed by atoms with E-state index < -0.39 is 17.4 Å². The number of carbonyl (C=O) groups excluding carboxylic acids is 2. The number of nitrogens with one attached hydrogen (secondary N) is 1. The van der Waals surface area contributed by atoms with Crippen LogP contribution in [0.25, 0.3) is 11.0 Å². The predicted molar refractivity (Wildman–Crippen MR) is 109 cm³/mol. The van der Waals surface area contributed by atoms with E-state index in [9.17, 15) is 9.59 Å². The molecule has 8 heteroatoms. The summed E-state index contributed by atoms with van der Waals surface area (Å²) < 4.78 is 13.4. The lowest BCUT2D eigenvalue weighted by atomic mass is 9.77. The number of para-hydroxylation sites is 2. The molecule has 30 heavy (non-hydrogen) atoms. The fraction of sp³-hybridized carbons (Fsp3) is 0.500. The molecule has 2 fully saturated rings. The molecule has 0 unspecified atom stereocenters. The Kier molecular flexibility index (Phi) is 4.63. The van der Waals surface area contributed by atoms with E-state index >= 15 is 0 Å². The van der Waals surface area contributed by atoms with Gasteiger partial charge < -0.3 is 24.3 Å². The first-order valence-electron chi connectivity index (χ1n) is 10.4. The highest BCUT2D eigenvalue weighted by molar-refractivity contribution is 5.93. The number of ether oxygens (including phenoxy) is 2. The first-order valence-corrected chi connectivity index (χ1v) is 10.4. The molecule has 158 valence electrons. The highest BCUT2D eigenvalue weighted by Gasteiger charge is 2.66. The van der Waals surface area contributed by atoms with Gasteiger partial charge in [0.05, 0.1) is 48.7 Å². The molecule has 5 rings (SSSR count). The Morgan fingerprint density at radius 1 is 1.40 bits per heavy atom. The van der Waals surface area contributed by atoms with Crippen LogP contribution in [0.1, 0.15) is 12.7 Å². The van der Waals surface area contributed by atoms with E-state index in [2.05, 4.69) is 21.8 Å². The summed E-state index contributed by atoms with van der Waals surface area (Å²) in [6.45, 7) is 4.58. The molecule has 8 nitrogen and oxygen atoms in total. The number of likely N-dealkylation sites (tertiary alicyclic amines) is 1. The van der Waals surface area contributed by atoms with Crippen molar-refractivity contribution in [3.8, 4) is 0 Å². The number of aryl methyl sites for hydroxylation is 1. The summed E-state index contributed by atoms with van der Waals surface area (Å²) in [5.74, 6) is -0.377. The lowest BCUT2D eigenvalue weighted by molar-refractivity contribution is -0.137. The highest BCUT2D eigenvalue weighted by atomic mass is 16.5. The van der Waals surface area contributed by atoms with Gasteiger partial charge in [-0.25, -0.2) is 4.98 Å². The third kappa shape index (κ3) is 2.78. The number of benzene rings is 1. The molecular weight excluding hydrogens is 384 g/mol. The molecular formula is C22H26N4O4. The van der Waals surface area contributed by atoms with Crippen LogP contribution in [0.4, 0.5) is 0 Å². The molecule has 0 radical (unpaired) electrons. The number of fused-ring (bicyclic) bond motifs is 2. The lowest BCUT2D eigenvalue weighted by Crippen LogP contribution is -2.44. The molecule has 3 aliphatic heterocycles. The average molecular weight is 410 g/mol. The van der Waals surface area contributed by atoms with Gasteiger partial charge in [0.25, 0.3) is 0 Å². The Labute approximate surface area is 174 Å². The molecule has 4 heterocycles. The fourth-order valence-corrected chi connectivity index (χ4v) is 5.17. The van der Waals surface area contributed by atoms with Crippen LogP contribution in [-0.4, -0.2) is 64.8 Å². The summed E-state index contributed by atoms with van der Waals surface area (Å²) in [7, 11) is 1.61. The van der Waals surface area contributed by atoms with Crippen molar-refractivity contribution in [3.63, 3.8) is 0 Å². The van der Waals surface area contributed by atoms with E-state index in [1.165, 1.54) is 0 Å². The smallest absolute Gasteiger partial charge is 0.230 e. The number of nitrogens with zero attached hydrogens (tertiary/aromatic N) is 3. The van der Waals surface area contributed by atoms with Crippen LogP contribution < -0.4 is 5.32 Å². The van der Waals surface area contributed by atoms with Crippen LogP contribution in [0.3, 0.4) is 0 Å². The quantitative estimate of drug-likeness (QED) is 0.691. The Morgan fingerprint density at radius 3 is 3.03 bits per heavy atom. The van der Waals surface area contributed by atoms with E-state index in [4.69, 9.17) is 9.47 Å². The molecule has 2 saturated heterocycles. The molecule has 1 aromatic heterocycles. The van der Waals surface area contributed by atoms with Crippen molar-refractivity contribution in [1.82, 2.24) is 19.8 Å². The second-order valence-corrected chi connectivity index (χ2v) is 8.13. The number of hydrogen-bond donors (Lipinski definition) is 1. The van der Waals surface area contributed by atoms with Crippen LogP contribution in [0.2, 0.25) is 0 Å². The van der Waals surface area contributed by atoms with E-state index in [1.807, 2.05) is 36.4 Å². The average Bonchev–Trinajstić information content (AvgIpc) is 3.48. The van der Waals surface area contributed by atoms with Gasteiger partial charge in [-0.2, -0.15) is 0 Å². The summed E-state index contributed by atoms with van der Waals surface area (Å²) in [5, 5.41) is 3.02. The summed E-state index contributed by atoms with van der Waals surface area (Å²) >= 11 is 0. The maximum atomic E-state index is 13.2. The van der Waals surface area contributed by atoms with Crippen LogP contribution in [-0.2, 0) is 32.2 Å². The zero-order chi connectivity index (χ0) is 20.9. The van der Waals surface area contributed by atoms with Gasteiger partial charge in [0.2, 0.25) is 11.8 Å². The van der Waals surface area contributed by atoms with Crippen LogP contribution >= 0.6 is 0 Å². The van der Waals surface area contributed by atoms with Crippen molar-refractivity contribution in [3.05, 3.63) is 42.2 Å². The normalized spacial score (nSPS) is 29.2. The van der Waals surface area contributed by atoms with Gasteiger partial charge >= 0.3 is 0 Å². The van der Waals surface area contributed by atoms with Crippen LogP contribution in [0.15, 0.2) is 36.4 Å². The van der Waals surface area contributed by atoms with E-state index in [-0.39, 0.29) is 17.9 Å². The molecule has 2 bridgehead atoms. The van der Waals surface area contributed by atoms with Crippen molar-refractivity contribution >= 4 is 22.8 Å². The molecule has 2 aromatic rings. The Bertz CT molecular complexity index is 1030. The van der Waals surface area contributed by atoms with Gasteiger partial charge in [0.1, 0.15) is 11.4 Å². The third-order valence-corrected chi connectivity index (χ3v) is 6.52. The number of hydrogen-bond acceptors (Lipinski definition) is 5. The number of aromatic nitrogens is 2. The van der Waals surface area contributed by atoms with Crippen molar-refractivity contribution < 1.29 is 19.1 Å². The van der Waals surface area contributed by atoms with Crippen molar-refractivity contribution in [1.29, 1.82) is 0 Å². The Morgan fingerprint density at radius 2 is 2.23 bits per heavy atom. The van der Waals surface area contributed by atoms with Gasteiger partial charge in [0, 0.05) is 20.2 Å². The van der Waals surface area contributed by atoms with Crippen molar-refractivity contribution in [2.24, 2.45) is 11.8 Å². The Hall–Kier alpha value is -2.71. The lowest BCUT2D eigenvalue weighted by Gasteiger charge is -2.23. The van der Waals surface area contributed by atoms with Gasteiger partial charge in [0.15, 0.2) is 0 Å². The number of amides is 2. The van der Waals surface area contributed by atoms with Crippen molar-refractivity contribution in [2.45, 2.75) is 31.7 Å². The zero-order valence-electron chi connectivity index (χ0n) is 17.2. The molecule has 0 saturated carbocycles. The monoisotopic (exact) mass is 410 g/mol. The summed E-state index contributed by atoms with van der Waals surface area (Å²) in [5.41, 5.74) is 1.27.